The number of aliphatic hydroxyl groups is 1. The lowest BCUT2D eigenvalue weighted by Crippen LogP contribution is -2.12. The summed E-state index contributed by atoms with van der Waals surface area (Å²) in [5.74, 6) is 0.412. The van der Waals surface area contributed by atoms with E-state index in [4.69, 9.17) is 0 Å². The maximum atomic E-state index is 10.4. The van der Waals surface area contributed by atoms with Crippen LogP contribution in [0, 0.1) is 12.8 Å². The van der Waals surface area contributed by atoms with E-state index < -0.39 is 0 Å². The van der Waals surface area contributed by atoms with Gasteiger partial charge in [-0.05, 0) is 53.2 Å². The number of halogens is 1. The fourth-order valence-electron chi connectivity index (χ4n) is 2.21. The lowest BCUT2D eigenvalue weighted by atomic mass is 9.88. The maximum absolute atomic E-state index is 10.4. The average Bonchev–Trinajstić information content (AvgIpc) is 2.56. The van der Waals surface area contributed by atoms with Gasteiger partial charge < -0.3 is 5.11 Å². The van der Waals surface area contributed by atoms with Crippen LogP contribution in [0.3, 0.4) is 0 Å². The van der Waals surface area contributed by atoms with Crippen molar-refractivity contribution in [1.29, 1.82) is 0 Å². The molecule has 1 nitrogen and oxygen atoms in total. The van der Waals surface area contributed by atoms with E-state index in [1.54, 1.807) is 11.3 Å². The predicted octanol–water partition coefficient (Wildman–Crippen LogP) is 5.07. The average molecular weight is 305 g/mol. The highest BCUT2D eigenvalue weighted by Gasteiger charge is 2.22. The van der Waals surface area contributed by atoms with Crippen LogP contribution in [0.15, 0.2) is 9.85 Å². The molecule has 3 heteroatoms. The van der Waals surface area contributed by atoms with Gasteiger partial charge in [0.1, 0.15) is 0 Å². The van der Waals surface area contributed by atoms with Crippen molar-refractivity contribution in [3.05, 3.63) is 20.3 Å². The third-order valence-electron chi connectivity index (χ3n) is 3.01. The molecule has 0 aliphatic rings. The highest BCUT2D eigenvalue weighted by molar-refractivity contribution is 9.11. The summed E-state index contributed by atoms with van der Waals surface area (Å²) in [4.78, 5) is 1.23. The second-order valence-electron chi connectivity index (χ2n) is 4.34. The number of thiophene rings is 1. The molecule has 0 fully saturated rings. The molecule has 0 bridgehead atoms. The Balaban J connectivity index is 2.80. The molecule has 1 N–H and O–H groups in total. The maximum Gasteiger partial charge on any atom is 0.0829 e. The number of hydrogen-bond acceptors (Lipinski definition) is 2. The molecule has 1 unspecified atom stereocenters. The smallest absolute Gasteiger partial charge is 0.0829 e. The molecule has 1 atom stereocenters. The van der Waals surface area contributed by atoms with E-state index in [1.165, 1.54) is 4.88 Å². The summed E-state index contributed by atoms with van der Waals surface area (Å²) in [6.45, 7) is 6.46. The molecule has 1 aromatic heterocycles. The van der Waals surface area contributed by atoms with Crippen LogP contribution < -0.4 is 0 Å². The molecule has 16 heavy (non-hydrogen) atoms. The third-order valence-corrected chi connectivity index (χ3v) is 4.58. The Bertz CT molecular complexity index is 316. The second kappa shape index (κ2) is 6.77. The lowest BCUT2D eigenvalue weighted by molar-refractivity contribution is 0.0963. The predicted molar refractivity (Wildman–Crippen MR) is 75.0 cm³/mol. The van der Waals surface area contributed by atoms with Crippen molar-refractivity contribution < 1.29 is 5.11 Å². The Morgan fingerprint density at radius 1 is 1.31 bits per heavy atom. The van der Waals surface area contributed by atoms with Crippen LogP contribution >= 0.6 is 27.3 Å². The third kappa shape index (κ3) is 3.57. The first-order valence-corrected chi connectivity index (χ1v) is 7.64. The van der Waals surface area contributed by atoms with Crippen LogP contribution in [-0.4, -0.2) is 5.11 Å². The number of aryl methyl sites for hydroxylation is 1. The Morgan fingerprint density at radius 2 is 1.88 bits per heavy atom. The first kappa shape index (κ1) is 14.2. The minimum absolute atomic E-state index is 0.289. The molecule has 0 aromatic carbocycles. The van der Waals surface area contributed by atoms with Crippen molar-refractivity contribution in [2.24, 2.45) is 5.92 Å². The summed E-state index contributed by atoms with van der Waals surface area (Å²) in [7, 11) is 0. The molecule has 0 amide bonds. The fourth-order valence-corrected chi connectivity index (χ4v) is 3.96. The zero-order valence-electron chi connectivity index (χ0n) is 10.3. The SMILES string of the molecule is CCCC(CCC)C(O)c1cc(Br)sc1C. The van der Waals surface area contributed by atoms with E-state index in [2.05, 4.69) is 42.8 Å². The van der Waals surface area contributed by atoms with Gasteiger partial charge in [0, 0.05) is 4.88 Å². The number of hydrogen-bond donors (Lipinski definition) is 1. The van der Waals surface area contributed by atoms with Crippen LogP contribution in [0.2, 0.25) is 0 Å². The number of aliphatic hydroxyl groups excluding tert-OH is 1. The molecule has 1 aromatic rings. The van der Waals surface area contributed by atoms with Crippen LogP contribution in [0.25, 0.3) is 0 Å². The van der Waals surface area contributed by atoms with E-state index in [-0.39, 0.29) is 6.10 Å². The summed E-state index contributed by atoms with van der Waals surface area (Å²) < 4.78 is 1.12. The highest BCUT2D eigenvalue weighted by atomic mass is 79.9. The van der Waals surface area contributed by atoms with Crippen LogP contribution in [0.4, 0.5) is 0 Å². The van der Waals surface area contributed by atoms with Crippen molar-refractivity contribution in [3.63, 3.8) is 0 Å². The van der Waals surface area contributed by atoms with E-state index >= 15 is 0 Å². The molecule has 0 aliphatic heterocycles. The molecule has 0 radical (unpaired) electrons. The molecule has 1 rings (SSSR count). The minimum atomic E-state index is -0.289. The standard InChI is InChI=1S/C13H21BrOS/c1-4-6-10(7-5-2)13(15)11-8-12(14)16-9(11)3/h8,10,13,15H,4-7H2,1-3H3. The van der Waals surface area contributed by atoms with Gasteiger partial charge >= 0.3 is 0 Å². The van der Waals surface area contributed by atoms with Crippen molar-refractivity contribution in [3.8, 4) is 0 Å². The van der Waals surface area contributed by atoms with E-state index in [1.807, 2.05) is 0 Å². The first-order valence-electron chi connectivity index (χ1n) is 6.04. The number of rotatable bonds is 6. The van der Waals surface area contributed by atoms with Gasteiger partial charge in [-0.3, -0.25) is 0 Å². The zero-order valence-corrected chi connectivity index (χ0v) is 12.7. The minimum Gasteiger partial charge on any atom is -0.388 e. The topological polar surface area (TPSA) is 20.2 Å². The summed E-state index contributed by atoms with van der Waals surface area (Å²) in [5.41, 5.74) is 1.11. The van der Waals surface area contributed by atoms with Gasteiger partial charge in [0.2, 0.25) is 0 Å². The Morgan fingerprint density at radius 3 is 2.25 bits per heavy atom. The van der Waals surface area contributed by atoms with Gasteiger partial charge in [-0.25, -0.2) is 0 Å². The Hall–Kier alpha value is 0.140. The molecule has 0 aliphatic carbocycles. The van der Waals surface area contributed by atoms with Crippen LogP contribution in [0.5, 0.6) is 0 Å². The molecule has 92 valence electrons. The van der Waals surface area contributed by atoms with E-state index in [0.29, 0.717) is 5.92 Å². The van der Waals surface area contributed by atoms with Crippen molar-refractivity contribution >= 4 is 27.3 Å². The van der Waals surface area contributed by atoms with Crippen LogP contribution in [-0.2, 0) is 0 Å². The van der Waals surface area contributed by atoms with Crippen molar-refractivity contribution in [2.45, 2.75) is 52.6 Å². The van der Waals surface area contributed by atoms with Gasteiger partial charge in [0.25, 0.3) is 0 Å². The van der Waals surface area contributed by atoms with Gasteiger partial charge in [-0.2, -0.15) is 0 Å². The monoisotopic (exact) mass is 304 g/mol. The zero-order chi connectivity index (χ0) is 12.1. The summed E-state index contributed by atoms with van der Waals surface area (Å²) in [6.07, 6.45) is 4.23. The summed E-state index contributed by atoms with van der Waals surface area (Å²) >= 11 is 5.19. The molecule has 0 saturated carbocycles. The fraction of sp³-hybridized carbons (Fsp3) is 0.692. The molecular weight excluding hydrogens is 284 g/mol. The van der Waals surface area contributed by atoms with E-state index in [9.17, 15) is 5.11 Å². The molecular formula is C13H21BrOS. The van der Waals surface area contributed by atoms with Gasteiger partial charge in [0.05, 0.1) is 9.89 Å². The second-order valence-corrected chi connectivity index (χ2v) is 6.98. The summed E-state index contributed by atoms with van der Waals surface area (Å²) in [5, 5.41) is 10.4. The van der Waals surface area contributed by atoms with E-state index in [0.717, 1.165) is 35.0 Å². The molecule has 0 saturated heterocycles. The van der Waals surface area contributed by atoms with Gasteiger partial charge in [-0.1, -0.05) is 26.7 Å². The quantitative estimate of drug-likeness (QED) is 0.778. The van der Waals surface area contributed by atoms with Gasteiger partial charge in [0.15, 0.2) is 0 Å². The Labute approximate surface area is 111 Å². The van der Waals surface area contributed by atoms with Gasteiger partial charge in [-0.15, -0.1) is 11.3 Å². The van der Waals surface area contributed by atoms with Crippen LogP contribution in [0.1, 0.15) is 56.1 Å². The lowest BCUT2D eigenvalue weighted by Gasteiger charge is -2.22. The normalized spacial score (nSPS) is 13.4. The first-order chi connectivity index (χ1) is 7.60. The largest absolute Gasteiger partial charge is 0.388 e. The Kier molecular flexibility index (Phi) is 6.01. The molecule has 1 heterocycles. The van der Waals surface area contributed by atoms with Crippen molar-refractivity contribution in [1.82, 2.24) is 0 Å². The highest BCUT2D eigenvalue weighted by Crippen LogP contribution is 2.36. The summed E-state index contributed by atoms with van der Waals surface area (Å²) in [6, 6.07) is 2.07. The molecule has 0 spiro atoms. The van der Waals surface area contributed by atoms with Crippen molar-refractivity contribution in [2.75, 3.05) is 0 Å².